The van der Waals surface area contributed by atoms with Crippen molar-refractivity contribution in [1.82, 2.24) is 10.6 Å². The van der Waals surface area contributed by atoms with E-state index >= 15 is 0 Å². The summed E-state index contributed by atoms with van der Waals surface area (Å²) in [6.45, 7) is 7.78. The summed E-state index contributed by atoms with van der Waals surface area (Å²) in [4.78, 5) is 4.40. The molecule has 0 aliphatic carbocycles. The molecule has 2 rings (SSSR count). The number of aliphatic imine (C=N–C) groups is 1. The van der Waals surface area contributed by atoms with E-state index in [0.29, 0.717) is 6.61 Å². The van der Waals surface area contributed by atoms with E-state index in [0.717, 1.165) is 51.3 Å². The van der Waals surface area contributed by atoms with Gasteiger partial charge in [-0.1, -0.05) is 44.2 Å². The van der Waals surface area contributed by atoms with E-state index in [2.05, 4.69) is 59.8 Å². The van der Waals surface area contributed by atoms with Crippen LogP contribution < -0.4 is 10.6 Å². The lowest BCUT2D eigenvalue weighted by Crippen LogP contribution is -2.48. The van der Waals surface area contributed by atoms with Crippen LogP contribution >= 0.6 is 0 Å². The topological polar surface area (TPSA) is 65.9 Å². The SMILES string of the molecule is CCC(CC)(CNC(=NC)NCC1(CCO)CCOC1)c1ccccc1. The summed E-state index contributed by atoms with van der Waals surface area (Å²) in [5.74, 6) is 0.816. The van der Waals surface area contributed by atoms with Crippen molar-refractivity contribution >= 4 is 5.96 Å². The summed E-state index contributed by atoms with van der Waals surface area (Å²) in [5, 5.41) is 16.4. The maximum atomic E-state index is 9.39. The fourth-order valence-electron chi connectivity index (χ4n) is 3.86. The number of benzene rings is 1. The molecule has 1 aromatic carbocycles. The van der Waals surface area contributed by atoms with E-state index in [4.69, 9.17) is 4.74 Å². The maximum absolute atomic E-state index is 9.39. The monoisotopic (exact) mass is 361 g/mol. The van der Waals surface area contributed by atoms with E-state index < -0.39 is 0 Å². The fraction of sp³-hybridized carbons (Fsp3) is 0.667. The minimum atomic E-state index is 0.0123. The summed E-state index contributed by atoms with van der Waals surface area (Å²) in [6, 6.07) is 10.7. The maximum Gasteiger partial charge on any atom is 0.191 e. The molecule has 0 amide bonds. The van der Waals surface area contributed by atoms with Crippen molar-refractivity contribution < 1.29 is 9.84 Å². The predicted molar refractivity (Wildman–Crippen MR) is 108 cm³/mol. The highest BCUT2D eigenvalue weighted by molar-refractivity contribution is 5.79. The smallest absolute Gasteiger partial charge is 0.191 e. The van der Waals surface area contributed by atoms with Crippen LogP contribution in [-0.4, -0.2) is 51.0 Å². The van der Waals surface area contributed by atoms with Gasteiger partial charge in [0.15, 0.2) is 5.96 Å². The summed E-state index contributed by atoms with van der Waals surface area (Å²) in [6.07, 6.45) is 3.88. The van der Waals surface area contributed by atoms with Crippen molar-refractivity contribution in [2.24, 2.45) is 10.4 Å². The fourth-order valence-corrected chi connectivity index (χ4v) is 3.86. The second-order valence-corrected chi connectivity index (χ2v) is 7.41. The molecular weight excluding hydrogens is 326 g/mol. The van der Waals surface area contributed by atoms with Gasteiger partial charge in [0, 0.05) is 44.2 Å². The molecule has 1 aliphatic rings. The Morgan fingerprint density at radius 3 is 2.50 bits per heavy atom. The van der Waals surface area contributed by atoms with Crippen molar-refractivity contribution in [2.45, 2.75) is 44.9 Å². The summed E-state index contributed by atoms with van der Waals surface area (Å²) < 4.78 is 5.57. The number of ether oxygens (including phenoxy) is 1. The molecule has 0 aromatic heterocycles. The van der Waals surface area contributed by atoms with Crippen LogP contribution in [0.2, 0.25) is 0 Å². The lowest BCUT2D eigenvalue weighted by molar-refractivity contribution is 0.127. The molecule has 146 valence electrons. The zero-order chi connectivity index (χ0) is 18.9. The van der Waals surface area contributed by atoms with Crippen LogP contribution in [0.3, 0.4) is 0 Å². The van der Waals surface area contributed by atoms with Gasteiger partial charge < -0.3 is 20.5 Å². The Bertz CT molecular complexity index is 550. The van der Waals surface area contributed by atoms with Gasteiger partial charge in [-0.25, -0.2) is 0 Å². The Kier molecular flexibility index (Phi) is 7.91. The third-order valence-electron chi connectivity index (χ3n) is 6.02. The van der Waals surface area contributed by atoms with Crippen molar-refractivity contribution in [3.05, 3.63) is 35.9 Å². The molecule has 3 N–H and O–H groups in total. The number of rotatable bonds is 9. The summed E-state index contributed by atoms with van der Waals surface area (Å²) in [5.41, 5.74) is 1.48. The number of hydrogen-bond donors (Lipinski definition) is 3. The van der Waals surface area contributed by atoms with Crippen molar-refractivity contribution in [1.29, 1.82) is 0 Å². The molecule has 1 unspecified atom stereocenters. The Labute approximate surface area is 158 Å². The first kappa shape index (κ1) is 20.7. The van der Waals surface area contributed by atoms with E-state index in [1.54, 1.807) is 7.05 Å². The number of hydrogen-bond acceptors (Lipinski definition) is 3. The lowest BCUT2D eigenvalue weighted by atomic mass is 9.76. The largest absolute Gasteiger partial charge is 0.396 e. The molecule has 1 aromatic rings. The van der Waals surface area contributed by atoms with Gasteiger partial charge in [0.25, 0.3) is 0 Å². The number of aliphatic hydroxyl groups excluding tert-OH is 1. The van der Waals surface area contributed by atoms with Gasteiger partial charge >= 0.3 is 0 Å². The van der Waals surface area contributed by atoms with E-state index in [-0.39, 0.29) is 17.4 Å². The molecule has 1 atom stereocenters. The van der Waals surface area contributed by atoms with Crippen LogP contribution in [-0.2, 0) is 10.2 Å². The van der Waals surface area contributed by atoms with Crippen LogP contribution in [0.25, 0.3) is 0 Å². The second kappa shape index (κ2) is 9.93. The van der Waals surface area contributed by atoms with Gasteiger partial charge in [-0.05, 0) is 31.2 Å². The molecule has 0 spiro atoms. The average Bonchev–Trinajstić information content (AvgIpc) is 3.15. The second-order valence-electron chi connectivity index (χ2n) is 7.41. The Balaban J connectivity index is 1.98. The highest BCUT2D eigenvalue weighted by Gasteiger charge is 2.35. The van der Waals surface area contributed by atoms with Gasteiger partial charge in [-0.2, -0.15) is 0 Å². The first-order chi connectivity index (χ1) is 12.6. The highest BCUT2D eigenvalue weighted by Crippen LogP contribution is 2.32. The minimum absolute atomic E-state index is 0.0123. The standard InChI is InChI=1S/C21H35N3O2/c1-4-21(5-2,18-9-7-6-8-10-18)16-24-19(22-3)23-15-20(11-13-25)12-14-26-17-20/h6-10,25H,4-5,11-17H2,1-3H3,(H2,22,23,24). The van der Waals surface area contributed by atoms with E-state index in [1.165, 1.54) is 5.56 Å². The molecule has 26 heavy (non-hydrogen) atoms. The molecule has 1 heterocycles. The van der Waals surface area contributed by atoms with Gasteiger partial charge in [0.1, 0.15) is 0 Å². The zero-order valence-electron chi connectivity index (χ0n) is 16.6. The lowest BCUT2D eigenvalue weighted by Gasteiger charge is -2.34. The van der Waals surface area contributed by atoms with Crippen LogP contribution in [0.4, 0.5) is 0 Å². The zero-order valence-corrected chi connectivity index (χ0v) is 16.6. The van der Waals surface area contributed by atoms with Gasteiger partial charge in [-0.3, -0.25) is 4.99 Å². The Morgan fingerprint density at radius 1 is 1.23 bits per heavy atom. The van der Waals surface area contributed by atoms with Crippen molar-refractivity contribution in [3.63, 3.8) is 0 Å². The molecule has 1 saturated heterocycles. The molecule has 5 nitrogen and oxygen atoms in total. The van der Waals surface area contributed by atoms with Crippen molar-refractivity contribution in [2.75, 3.05) is 40.0 Å². The molecule has 0 saturated carbocycles. The van der Waals surface area contributed by atoms with Gasteiger partial charge in [-0.15, -0.1) is 0 Å². The molecule has 0 bridgehead atoms. The highest BCUT2D eigenvalue weighted by atomic mass is 16.5. The van der Waals surface area contributed by atoms with E-state index in [1.807, 2.05) is 0 Å². The Morgan fingerprint density at radius 2 is 1.96 bits per heavy atom. The van der Waals surface area contributed by atoms with Crippen LogP contribution in [0.1, 0.15) is 45.1 Å². The first-order valence-electron chi connectivity index (χ1n) is 9.82. The van der Waals surface area contributed by atoms with Gasteiger partial charge in [0.05, 0.1) is 6.61 Å². The normalized spacial score (nSPS) is 21.0. The third kappa shape index (κ3) is 4.98. The van der Waals surface area contributed by atoms with Crippen molar-refractivity contribution in [3.8, 4) is 0 Å². The number of nitrogens with zero attached hydrogens (tertiary/aromatic N) is 1. The summed E-state index contributed by atoms with van der Waals surface area (Å²) >= 11 is 0. The Hall–Kier alpha value is -1.59. The van der Waals surface area contributed by atoms with Crippen LogP contribution in [0.5, 0.6) is 0 Å². The number of nitrogens with one attached hydrogen (secondary N) is 2. The number of guanidine groups is 1. The molecule has 1 aliphatic heterocycles. The third-order valence-corrected chi connectivity index (χ3v) is 6.02. The first-order valence-corrected chi connectivity index (χ1v) is 9.82. The number of aliphatic hydroxyl groups is 1. The molecule has 5 heteroatoms. The predicted octanol–water partition coefficient (Wildman–Crippen LogP) is 2.70. The quantitative estimate of drug-likeness (QED) is 0.467. The molecule has 0 radical (unpaired) electrons. The average molecular weight is 362 g/mol. The van der Waals surface area contributed by atoms with E-state index in [9.17, 15) is 5.11 Å². The van der Waals surface area contributed by atoms with Crippen LogP contribution in [0, 0.1) is 5.41 Å². The van der Waals surface area contributed by atoms with Crippen LogP contribution in [0.15, 0.2) is 35.3 Å². The minimum Gasteiger partial charge on any atom is -0.396 e. The molecular formula is C21H35N3O2. The van der Waals surface area contributed by atoms with Gasteiger partial charge in [0.2, 0.25) is 0 Å². The molecule has 1 fully saturated rings. The summed E-state index contributed by atoms with van der Waals surface area (Å²) in [7, 11) is 1.81.